The minimum Gasteiger partial charge on any atom is -0.466 e. The minimum atomic E-state index is -1.07. The second-order valence-corrected chi connectivity index (χ2v) is 30.5. The quantitative estimate of drug-likeness (QED) is 0.0239. The van der Waals surface area contributed by atoms with Gasteiger partial charge in [0.25, 0.3) is 0 Å². The minimum absolute atomic E-state index is 0.0159. The molecule has 0 spiro atoms. The van der Waals surface area contributed by atoms with Gasteiger partial charge in [-0.2, -0.15) is 0 Å². The third kappa shape index (κ3) is 40.8. The normalized spacial score (nSPS) is 15.6. The zero-order valence-electron chi connectivity index (χ0n) is 73.2. The summed E-state index contributed by atoms with van der Waals surface area (Å²) in [5, 5.41) is 30.5. The maximum atomic E-state index is 14.8. The molecule has 1 aliphatic rings. The zero-order chi connectivity index (χ0) is 88.2. The van der Waals surface area contributed by atoms with E-state index in [1.54, 1.807) is 94.8 Å². The van der Waals surface area contributed by atoms with Gasteiger partial charge in [-0.05, 0) is 86.5 Å². The van der Waals surface area contributed by atoms with Gasteiger partial charge in [0.1, 0.15) is 30.8 Å². The number of anilines is 1. The molecule has 34 heteroatoms. The number of carbonyl (C=O) groups is 11. The fourth-order valence-electron chi connectivity index (χ4n) is 13.2. The predicted molar refractivity (Wildman–Crippen MR) is 445 cm³/mol. The number of nitrogens with zero attached hydrogens (tertiary/aromatic N) is 3. The summed E-state index contributed by atoms with van der Waals surface area (Å²) in [5.41, 5.74) is 1.62. The first kappa shape index (κ1) is 105. The lowest BCUT2D eigenvalue weighted by molar-refractivity contribution is -0.148. The number of esters is 1. The van der Waals surface area contributed by atoms with Crippen molar-refractivity contribution in [1.82, 2.24) is 46.6 Å². The highest BCUT2D eigenvalue weighted by Crippen LogP contribution is 2.31. The van der Waals surface area contributed by atoms with Gasteiger partial charge in [0.15, 0.2) is 0 Å². The van der Waals surface area contributed by atoms with Crippen molar-refractivity contribution < 1.29 is 115 Å². The van der Waals surface area contributed by atoms with E-state index >= 15 is 0 Å². The van der Waals surface area contributed by atoms with Gasteiger partial charge in [-0.3, -0.25) is 48.1 Å². The van der Waals surface area contributed by atoms with E-state index in [4.69, 9.17) is 52.1 Å². The van der Waals surface area contributed by atoms with Crippen LogP contribution in [0.15, 0.2) is 66.7 Å². The summed E-state index contributed by atoms with van der Waals surface area (Å²) in [6.45, 7) is 26.4. The number of aliphatic hydroxyl groups is 1. The molecule has 1 fully saturated rings. The van der Waals surface area contributed by atoms with Gasteiger partial charge in [-0.15, -0.1) is 0 Å². The molecule has 0 unspecified atom stereocenters. The van der Waals surface area contributed by atoms with E-state index in [0.29, 0.717) is 161 Å². The van der Waals surface area contributed by atoms with E-state index in [1.807, 2.05) is 45.9 Å². The van der Waals surface area contributed by atoms with Crippen molar-refractivity contribution in [3.05, 3.63) is 77.9 Å². The van der Waals surface area contributed by atoms with Crippen molar-refractivity contribution in [1.29, 1.82) is 0 Å². The topological polar surface area (TPSA) is 413 Å². The number of methoxy groups -OCH3 is 3. The van der Waals surface area contributed by atoms with E-state index in [2.05, 4.69) is 42.0 Å². The van der Waals surface area contributed by atoms with Crippen molar-refractivity contribution in [3.8, 4) is 0 Å². The molecule has 0 saturated carbocycles. The zero-order valence-corrected chi connectivity index (χ0v) is 73.2. The number of unbranched alkanes of at least 4 members (excludes halogenated alkanes) is 2. The Hall–Kier alpha value is -8.29. The standard InChI is InChI=1S/C85H140N10O24/c1-17-60(8)77(68(108-14)55-72(99)95-38-24-27-67(95)79(110-16)61(9)80(102)88-62(10)78(101)65-25-20-18-21-26-65)93(12)84(106)75(58(4)5)92-83(105)76(59(6)7)94(13)85(107)119-56-64-29-31-66(32-30-64)90-81(103)63(11)89-82(104)74(57(2)3)91-71(98)35-39-111-41-43-113-45-47-115-49-51-117-53-54-118-52-50-116-48-46-114-44-42-112-40-37-87-69(96)28-22-19-23-36-86-70(97)33-34-73(100)109-15/h18,20-21,25-26,29-34,57-63,67-68,74-79,101H,17,19,22-24,27-28,35-56H2,1-16H3,(H,86,97)(H,87,96)(H,88,102)(H,89,104)(H,90,103)(H,91,98)(H,92,105)/b34-33-/t60-,61+,62+,63-,67-,68+,74-,75-,76-,77-,78+,79+/m0/s1. The van der Waals surface area contributed by atoms with Gasteiger partial charge in [0, 0.05) is 78.6 Å². The second kappa shape index (κ2) is 60.2. The van der Waals surface area contributed by atoms with Crippen LogP contribution in [0, 0.1) is 29.6 Å². The van der Waals surface area contributed by atoms with Gasteiger partial charge in [-0.1, -0.05) is 118 Å². The number of aliphatic hydroxyl groups excluding tert-OH is 1. The molecule has 0 radical (unpaired) electrons. The van der Waals surface area contributed by atoms with Crippen LogP contribution in [0.3, 0.4) is 0 Å². The Morgan fingerprint density at radius 3 is 1.62 bits per heavy atom. The van der Waals surface area contributed by atoms with Crippen LogP contribution < -0.4 is 37.2 Å². The molecule has 8 N–H and O–H groups in total. The molecule has 0 aliphatic carbocycles. The number of carbonyl (C=O) groups excluding carboxylic acids is 11. The van der Waals surface area contributed by atoms with Crippen LogP contribution >= 0.6 is 0 Å². The SMILES string of the molecule is CC[C@H](C)[C@@H]([C@@H](CC(=O)N1CCC[C@H]1[C@H](OC)[C@@H](C)C(=O)N[C@H](C)[C@@H](O)c1ccccc1)OC)N(C)C(=O)[C@@H](NC(=O)[C@H](C(C)C)N(C)C(=O)OCc1ccc(NC(=O)[C@H](C)NC(=O)[C@@H](NC(=O)CCOCCOCCOCCOCCOCCOCCOCCOCCNC(=O)CCCCCNC(=O)/C=C\C(=O)OC)C(C)C)cc1)C(C)C. The lowest BCUT2D eigenvalue weighted by atomic mass is 9.89. The van der Waals surface area contributed by atoms with Crippen molar-refractivity contribution in [2.75, 3.05) is 166 Å². The highest BCUT2D eigenvalue weighted by Gasteiger charge is 2.44. The predicted octanol–water partition coefficient (Wildman–Crippen LogP) is 5.21. The fraction of sp³-hybridized carbons (Fsp3) is 0.706. The summed E-state index contributed by atoms with van der Waals surface area (Å²) in [6.07, 6.45) is 3.34. The summed E-state index contributed by atoms with van der Waals surface area (Å²) in [6, 6.07) is 9.84. The molecule has 119 heavy (non-hydrogen) atoms. The monoisotopic (exact) mass is 1690 g/mol. The number of likely N-dealkylation sites (N-methyl/N-ethyl adjacent to an activating group) is 2. The van der Waals surface area contributed by atoms with Crippen molar-refractivity contribution >= 4 is 70.9 Å². The number of benzene rings is 2. The summed E-state index contributed by atoms with van der Waals surface area (Å²) in [7, 11) is 7.34. The van der Waals surface area contributed by atoms with E-state index < -0.39 is 120 Å². The first-order valence-electron chi connectivity index (χ1n) is 41.7. The number of ether oxygens (including phenoxy) is 12. The fourth-order valence-corrected chi connectivity index (χ4v) is 13.2. The van der Waals surface area contributed by atoms with Gasteiger partial charge in [0.05, 0.1) is 162 Å². The van der Waals surface area contributed by atoms with E-state index in [9.17, 15) is 57.8 Å². The maximum Gasteiger partial charge on any atom is 0.410 e. The van der Waals surface area contributed by atoms with Crippen molar-refractivity contribution in [2.24, 2.45) is 29.6 Å². The van der Waals surface area contributed by atoms with Gasteiger partial charge in [-0.25, -0.2) is 9.59 Å². The van der Waals surface area contributed by atoms with Crippen LogP contribution in [0.4, 0.5) is 10.5 Å². The molecular weight excluding hydrogens is 1540 g/mol. The van der Waals surface area contributed by atoms with Gasteiger partial charge >= 0.3 is 12.1 Å². The Morgan fingerprint density at radius 1 is 0.546 bits per heavy atom. The summed E-state index contributed by atoms with van der Waals surface area (Å²) < 4.78 is 66.4. The number of rotatable bonds is 63. The van der Waals surface area contributed by atoms with Gasteiger partial charge in [0.2, 0.25) is 53.2 Å². The average molecular weight is 1690 g/mol. The third-order valence-corrected chi connectivity index (χ3v) is 20.3. The van der Waals surface area contributed by atoms with E-state index in [-0.39, 0.29) is 74.7 Å². The Kier molecular flexibility index (Phi) is 53.1. The molecule has 2 aromatic carbocycles. The molecule has 0 bridgehead atoms. The lowest BCUT2D eigenvalue weighted by Crippen LogP contribution is -2.60. The lowest BCUT2D eigenvalue weighted by Gasteiger charge is -2.41. The Bertz CT molecular complexity index is 3320. The van der Waals surface area contributed by atoms with Crippen molar-refractivity contribution in [3.63, 3.8) is 0 Å². The van der Waals surface area contributed by atoms with Crippen LogP contribution in [0.25, 0.3) is 0 Å². The molecule has 10 amide bonds. The van der Waals surface area contributed by atoms with Crippen LogP contribution in [0.2, 0.25) is 0 Å². The molecule has 1 saturated heterocycles. The summed E-state index contributed by atoms with van der Waals surface area (Å²) in [4.78, 5) is 150. The first-order valence-corrected chi connectivity index (χ1v) is 41.7. The molecule has 0 aromatic heterocycles. The molecule has 3 rings (SSSR count). The molecular formula is C85H140N10O24. The van der Waals surface area contributed by atoms with Crippen LogP contribution in [0.1, 0.15) is 151 Å². The van der Waals surface area contributed by atoms with Crippen LogP contribution in [0.5, 0.6) is 0 Å². The smallest absolute Gasteiger partial charge is 0.410 e. The van der Waals surface area contributed by atoms with Crippen LogP contribution in [-0.2, 0) is 111 Å². The van der Waals surface area contributed by atoms with E-state index in [0.717, 1.165) is 18.6 Å². The molecule has 2 aromatic rings. The number of hydrogen-bond acceptors (Lipinski definition) is 24. The Labute approximate surface area is 703 Å². The molecule has 34 nitrogen and oxygen atoms in total. The number of likely N-dealkylation sites (tertiary alicyclic amines) is 1. The number of hydrogen-bond donors (Lipinski definition) is 8. The summed E-state index contributed by atoms with van der Waals surface area (Å²) >= 11 is 0. The average Bonchev–Trinajstić information content (AvgIpc) is 1.78. The molecule has 1 aliphatic heterocycles. The highest BCUT2D eigenvalue weighted by atomic mass is 16.6. The molecule has 12 atom stereocenters. The maximum absolute atomic E-state index is 14.8. The number of nitrogens with one attached hydrogen (secondary N) is 7. The Balaban J connectivity index is 1.30. The Morgan fingerprint density at radius 2 is 1.10 bits per heavy atom. The van der Waals surface area contributed by atoms with Crippen LogP contribution in [-0.4, -0.2) is 300 Å². The number of amides is 10. The first-order chi connectivity index (χ1) is 56.9. The third-order valence-electron chi connectivity index (χ3n) is 20.3. The highest BCUT2D eigenvalue weighted by molar-refractivity contribution is 5.98. The largest absolute Gasteiger partial charge is 0.466 e. The second-order valence-electron chi connectivity index (χ2n) is 30.5. The summed E-state index contributed by atoms with van der Waals surface area (Å²) in [5.74, 6) is -6.10. The molecule has 674 valence electrons. The van der Waals surface area contributed by atoms with Gasteiger partial charge < -0.3 is 109 Å². The van der Waals surface area contributed by atoms with Crippen molar-refractivity contribution in [2.45, 2.75) is 201 Å². The molecule has 1 heterocycles. The van der Waals surface area contributed by atoms with E-state index in [1.165, 1.54) is 40.2 Å².